The Balaban J connectivity index is 1.65. The summed E-state index contributed by atoms with van der Waals surface area (Å²) in [5.41, 5.74) is 0. The molecule has 1 aliphatic carbocycles. The highest BCUT2D eigenvalue weighted by Crippen LogP contribution is 2.35. The zero-order valence-corrected chi connectivity index (χ0v) is 14.3. The van der Waals surface area contributed by atoms with Crippen LogP contribution in [0.3, 0.4) is 0 Å². The Morgan fingerprint density at radius 2 is 2.00 bits per heavy atom. The van der Waals surface area contributed by atoms with Crippen LogP contribution >= 0.6 is 0 Å². The lowest BCUT2D eigenvalue weighted by Gasteiger charge is -2.44. The number of carbonyl (C=O) groups excluding carboxylic acids is 2. The Morgan fingerprint density at radius 3 is 2.71 bits per heavy atom. The Hall–Kier alpha value is -1.18. The fourth-order valence-corrected chi connectivity index (χ4v) is 3.64. The van der Waals surface area contributed by atoms with E-state index in [-0.39, 0.29) is 42.6 Å². The van der Waals surface area contributed by atoms with Crippen LogP contribution < -0.4 is 5.32 Å². The summed E-state index contributed by atoms with van der Waals surface area (Å²) in [5, 5.41) is 12.8. The highest BCUT2D eigenvalue weighted by molar-refractivity contribution is 5.81. The van der Waals surface area contributed by atoms with E-state index in [1.54, 1.807) is 0 Å². The molecule has 0 aromatic carbocycles. The van der Waals surface area contributed by atoms with E-state index in [0.29, 0.717) is 26.1 Å². The van der Waals surface area contributed by atoms with E-state index < -0.39 is 6.10 Å². The van der Waals surface area contributed by atoms with Crippen molar-refractivity contribution in [3.63, 3.8) is 0 Å². The van der Waals surface area contributed by atoms with Gasteiger partial charge in [0.1, 0.15) is 6.10 Å². The third-order valence-corrected chi connectivity index (χ3v) is 4.98. The fourth-order valence-electron chi connectivity index (χ4n) is 3.64. The van der Waals surface area contributed by atoms with Gasteiger partial charge in [-0.05, 0) is 32.6 Å². The standard InChI is InChI=1S/C17H28N2O5/c1-2-18-16(21)7-13-5-6-14-15(24-13)10-23-9-12(20)8-19(14)17(22)11-3-4-11/h11-15,20H,2-10H2,1H3,(H,18,21)/t12-,13-,14-,15+/m0/s1. The van der Waals surface area contributed by atoms with Crippen molar-refractivity contribution < 1.29 is 24.2 Å². The molecule has 24 heavy (non-hydrogen) atoms. The van der Waals surface area contributed by atoms with E-state index in [2.05, 4.69) is 5.32 Å². The van der Waals surface area contributed by atoms with Gasteiger partial charge in [0.15, 0.2) is 0 Å². The van der Waals surface area contributed by atoms with Crippen LogP contribution in [0, 0.1) is 5.92 Å². The Labute approximate surface area is 142 Å². The van der Waals surface area contributed by atoms with Gasteiger partial charge in [-0.25, -0.2) is 0 Å². The quantitative estimate of drug-likeness (QED) is 0.755. The zero-order valence-electron chi connectivity index (χ0n) is 14.3. The predicted molar refractivity (Wildman–Crippen MR) is 86.2 cm³/mol. The van der Waals surface area contributed by atoms with Crippen LogP contribution in [0.4, 0.5) is 0 Å². The summed E-state index contributed by atoms with van der Waals surface area (Å²) in [5.74, 6) is 0.247. The molecule has 0 aromatic rings. The monoisotopic (exact) mass is 340 g/mol. The molecule has 4 atom stereocenters. The van der Waals surface area contributed by atoms with Gasteiger partial charge in [-0.15, -0.1) is 0 Å². The molecular formula is C17H28N2O5. The topological polar surface area (TPSA) is 88.1 Å². The number of ether oxygens (including phenoxy) is 2. The van der Waals surface area contributed by atoms with Gasteiger partial charge in [0, 0.05) is 19.0 Å². The summed E-state index contributed by atoms with van der Waals surface area (Å²) in [4.78, 5) is 26.2. The molecule has 0 bridgehead atoms. The van der Waals surface area contributed by atoms with E-state index in [4.69, 9.17) is 9.47 Å². The molecule has 0 unspecified atom stereocenters. The summed E-state index contributed by atoms with van der Waals surface area (Å²) in [7, 11) is 0. The maximum Gasteiger partial charge on any atom is 0.226 e. The van der Waals surface area contributed by atoms with Crippen molar-refractivity contribution in [2.24, 2.45) is 5.92 Å². The molecule has 7 heteroatoms. The van der Waals surface area contributed by atoms with Crippen molar-refractivity contribution in [1.29, 1.82) is 0 Å². The number of aliphatic hydroxyl groups is 1. The van der Waals surface area contributed by atoms with Crippen molar-refractivity contribution >= 4 is 11.8 Å². The third kappa shape index (κ3) is 4.26. The van der Waals surface area contributed by atoms with Gasteiger partial charge >= 0.3 is 0 Å². The van der Waals surface area contributed by atoms with Crippen molar-refractivity contribution in [1.82, 2.24) is 10.2 Å². The molecule has 3 aliphatic rings. The van der Waals surface area contributed by atoms with Crippen molar-refractivity contribution in [3.8, 4) is 0 Å². The molecule has 2 heterocycles. The first-order valence-electron chi connectivity index (χ1n) is 9.07. The van der Waals surface area contributed by atoms with Crippen molar-refractivity contribution in [2.45, 2.75) is 63.4 Å². The first kappa shape index (κ1) is 17.6. The molecule has 2 saturated heterocycles. The number of nitrogens with zero attached hydrogens (tertiary/aromatic N) is 1. The Bertz CT molecular complexity index is 468. The highest BCUT2D eigenvalue weighted by atomic mass is 16.5. The minimum atomic E-state index is -0.651. The number of nitrogens with one attached hydrogen (secondary N) is 1. The molecule has 0 spiro atoms. The number of β-amino-alcohol motifs (C(OH)–C–C–N with tert-alkyl or cyclic N) is 1. The predicted octanol–water partition coefficient (Wildman–Crippen LogP) is 0.0585. The van der Waals surface area contributed by atoms with E-state index in [1.165, 1.54) is 0 Å². The van der Waals surface area contributed by atoms with Gasteiger partial charge in [-0.3, -0.25) is 9.59 Å². The largest absolute Gasteiger partial charge is 0.389 e. The van der Waals surface area contributed by atoms with Gasteiger partial charge in [-0.2, -0.15) is 0 Å². The average Bonchev–Trinajstić information content (AvgIpc) is 3.36. The number of amides is 2. The maximum atomic E-state index is 12.6. The summed E-state index contributed by atoms with van der Waals surface area (Å²) >= 11 is 0. The summed E-state index contributed by atoms with van der Waals surface area (Å²) < 4.78 is 11.6. The second kappa shape index (κ2) is 7.80. The Morgan fingerprint density at radius 1 is 1.21 bits per heavy atom. The minimum Gasteiger partial charge on any atom is -0.389 e. The van der Waals surface area contributed by atoms with Crippen molar-refractivity contribution in [3.05, 3.63) is 0 Å². The average molecular weight is 340 g/mol. The number of aliphatic hydroxyl groups excluding tert-OH is 1. The Kier molecular flexibility index (Phi) is 5.73. The number of fused-ring (bicyclic) bond motifs is 1. The number of carbonyl (C=O) groups is 2. The molecular weight excluding hydrogens is 312 g/mol. The van der Waals surface area contributed by atoms with Crippen LogP contribution in [0.1, 0.15) is 39.0 Å². The molecule has 0 aromatic heterocycles. The molecule has 3 rings (SSSR count). The van der Waals surface area contributed by atoms with Crippen LogP contribution in [-0.4, -0.2) is 72.5 Å². The number of rotatable bonds is 4. The van der Waals surface area contributed by atoms with Crippen LogP contribution in [-0.2, 0) is 19.1 Å². The summed E-state index contributed by atoms with van der Waals surface area (Å²) in [6.45, 7) is 3.37. The SMILES string of the molecule is CCNC(=O)C[C@@H]1CC[C@H]2[C@@H](COC[C@@H](O)CN2C(=O)C2CC2)O1. The van der Waals surface area contributed by atoms with Gasteiger partial charge in [0.05, 0.1) is 37.9 Å². The molecule has 0 radical (unpaired) electrons. The number of hydrogen-bond acceptors (Lipinski definition) is 5. The van der Waals surface area contributed by atoms with Crippen LogP contribution in [0.5, 0.6) is 0 Å². The normalized spacial score (nSPS) is 34.0. The second-order valence-corrected chi connectivity index (χ2v) is 7.06. The minimum absolute atomic E-state index is 0.00551. The van der Waals surface area contributed by atoms with Gasteiger partial charge in [-0.1, -0.05) is 0 Å². The fraction of sp³-hybridized carbons (Fsp3) is 0.882. The van der Waals surface area contributed by atoms with Crippen molar-refractivity contribution in [2.75, 3.05) is 26.3 Å². The first-order valence-corrected chi connectivity index (χ1v) is 9.07. The van der Waals surface area contributed by atoms with Gasteiger partial charge in [0.2, 0.25) is 11.8 Å². The van der Waals surface area contributed by atoms with Crippen LogP contribution in [0.25, 0.3) is 0 Å². The molecule has 2 N–H and O–H groups in total. The van der Waals surface area contributed by atoms with Gasteiger partial charge in [0.25, 0.3) is 0 Å². The van der Waals surface area contributed by atoms with Crippen LogP contribution in [0.2, 0.25) is 0 Å². The van der Waals surface area contributed by atoms with E-state index in [0.717, 1.165) is 25.7 Å². The first-order chi connectivity index (χ1) is 11.6. The molecule has 7 nitrogen and oxygen atoms in total. The second-order valence-electron chi connectivity index (χ2n) is 7.06. The lowest BCUT2D eigenvalue weighted by molar-refractivity contribution is -0.170. The highest BCUT2D eigenvalue weighted by Gasteiger charge is 2.43. The molecule has 3 fully saturated rings. The summed E-state index contributed by atoms with van der Waals surface area (Å²) in [6.07, 6.45) is 2.74. The molecule has 1 saturated carbocycles. The maximum absolute atomic E-state index is 12.6. The third-order valence-electron chi connectivity index (χ3n) is 4.98. The molecule has 2 amide bonds. The zero-order chi connectivity index (χ0) is 17.1. The lowest BCUT2D eigenvalue weighted by atomic mass is 9.94. The smallest absolute Gasteiger partial charge is 0.226 e. The van der Waals surface area contributed by atoms with Crippen LogP contribution in [0.15, 0.2) is 0 Å². The van der Waals surface area contributed by atoms with E-state index in [1.807, 2.05) is 11.8 Å². The number of hydrogen-bond donors (Lipinski definition) is 2. The van der Waals surface area contributed by atoms with E-state index in [9.17, 15) is 14.7 Å². The lowest BCUT2D eigenvalue weighted by Crippen LogP contribution is -2.57. The van der Waals surface area contributed by atoms with Gasteiger partial charge < -0.3 is 24.8 Å². The van der Waals surface area contributed by atoms with E-state index >= 15 is 0 Å². The molecule has 136 valence electrons. The summed E-state index contributed by atoms with van der Waals surface area (Å²) in [6, 6.07) is -0.0708. The molecule has 2 aliphatic heterocycles.